The van der Waals surface area contributed by atoms with E-state index in [1.54, 1.807) is 37.4 Å². The number of benzene rings is 1. The number of hydrogen-bond acceptors (Lipinski definition) is 5. The predicted octanol–water partition coefficient (Wildman–Crippen LogP) is 0.991. The molecule has 0 spiro atoms. The molecular weight excluding hydrogens is 272 g/mol. The summed E-state index contributed by atoms with van der Waals surface area (Å²) in [7, 11) is 1.52. The van der Waals surface area contributed by atoms with E-state index in [9.17, 15) is 9.59 Å². The smallest absolute Gasteiger partial charge is 0.340 e. The third-order valence-corrected chi connectivity index (χ3v) is 2.84. The number of nitrogens with one attached hydrogen (secondary N) is 1. The first kappa shape index (κ1) is 14.6. The number of para-hydroxylation sites is 1. The van der Waals surface area contributed by atoms with Crippen molar-refractivity contribution in [2.45, 2.75) is 6.92 Å². The standard InChI is InChI=1S/C14H16N4O3/c1-3-21-14(20)9-5-4-6-10(15)12(9)18-8-7-11(17-18)13(19)16-2/h4-8H,3,15H2,1-2H3,(H,16,19). The molecule has 0 atom stereocenters. The van der Waals surface area contributed by atoms with Gasteiger partial charge in [-0.1, -0.05) is 6.07 Å². The Kier molecular flexibility index (Phi) is 4.22. The predicted molar refractivity (Wildman–Crippen MR) is 77.3 cm³/mol. The minimum absolute atomic E-state index is 0.232. The summed E-state index contributed by atoms with van der Waals surface area (Å²) in [6.45, 7) is 1.98. The van der Waals surface area contributed by atoms with Crippen molar-refractivity contribution in [2.75, 3.05) is 19.4 Å². The first-order chi connectivity index (χ1) is 10.1. The molecule has 1 aromatic carbocycles. The fraction of sp³-hybridized carbons (Fsp3) is 0.214. The van der Waals surface area contributed by atoms with Gasteiger partial charge in [0.05, 0.1) is 17.9 Å². The van der Waals surface area contributed by atoms with Crippen LogP contribution in [0.1, 0.15) is 27.8 Å². The Morgan fingerprint density at radius 1 is 1.38 bits per heavy atom. The van der Waals surface area contributed by atoms with Gasteiger partial charge in [0.2, 0.25) is 0 Å². The maximum absolute atomic E-state index is 12.0. The van der Waals surface area contributed by atoms with E-state index in [0.29, 0.717) is 16.9 Å². The summed E-state index contributed by atoms with van der Waals surface area (Å²) in [5.74, 6) is -0.808. The monoisotopic (exact) mass is 288 g/mol. The van der Waals surface area contributed by atoms with Crippen molar-refractivity contribution in [3.05, 3.63) is 41.7 Å². The number of aromatic nitrogens is 2. The molecule has 7 heteroatoms. The lowest BCUT2D eigenvalue weighted by molar-refractivity contribution is 0.0526. The molecule has 2 aromatic rings. The van der Waals surface area contributed by atoms with Gasteiger partial charge in [-0.3, -0.25) is 4.79 Å². The Morgan fingerprint density at radius 3 is 2.81 bits per heavy atom. The molecule has 0 saturated carbocycles. The molecule has 0 saturated heterocycles. The average Bonchev–Trinajstić information content (AvgIpc) is 2.95. The van der Waals surface area contributed by atoms with E-state index in [4.69, 9.17) is 10.5 Å². The van der Waals surface area contributed by atoms with Crippen LogP contribution in [-0.4, -0.2) is 35.3 Å². The number of nitrogens with zero attached hydrogens (tertiary/aromatic N) is 2. The van der Waals surface area contributed by atoms with E-state index in [1.165, 1.54) is 11.7 Å². The maximum atomic E-state index is 12.0. The SMILES string of the molecule is CCOC(=O)c1cccc(N)c1-n1ccc(C(=O)NC)n1. The van der Waals surface area contributed by atoms with E-state index >= 15 is 0 Å². The molecule has 2 rings (SSSR count). The van der Waals surface area contributed by atoms with Gasteiger partial charge in [0.1, 0.15) is 5.69 Å². The van der Waals surface area contributed by atoms with Gasteiger partial charge in [0.25, 0.3) is 5.91 Å². The topological polar surface area (TPSA) is 99.2 Å². The molecule has 7 nitrogen and oxygen atoms in total. The summed E-state index contributed by atoms with van der Waals surface area (Å²) < 4.78 is 6.40. The Hall–Kier alpha value is -2.83. The fourth-order valence-corrected chi connectivity index (χ4v) is 1.89. The zero-order valence-electron chi connectivity index (χ0n) is 11.8. The molecule has 0 aliphatic carbocycles. The minimum atomic E-state index is -0.489. The molecule has 0 bridgehead atoms. The molecular formula is C14H16N4O3. The van der Waals surface area contributed by atoms with E-state index in [0.717, 1.165) is 0 Å². The van der Waals surface area contributed by atoms with Crippen molar-refractivity contribution >= 4 is 17.6 Å². The van der Waals surface area contributed by atoms with Crippen molar-refractivity contribution in [3.8, 4) is 5.69 Å². The fourth-order valence-electron chi connectivity index (χ4n) is 1.89. The number of nitrogen functional groups attached to an aromatic ring is 1. The first-order valence-electron chi connectivity index (χ1n) is 6.42. The number of amides is 1. The van der Waals surface area contributed by atoms with Crippen molar-refractivity contribution in [2.24, 2.45) is 0 Å². The first-order valence-corrected chi connectivity index (χ1v) is 6.42. The van der Waals surface area contributed by atoms with Crippen molar-refractivity contribution in [3.63, 3.8) is 0 Å². The van der Waals surface area contributed by atoms with Crippen LogP contribution >= 0.6 is 0 Å². The summed E-state index contributed by atoms with van der Waals surface area (Å²) in [5.41, 5.74) is 7.23. The maximum Gasteiger partial charge on any atom is 0.340 e. The van der Waals surface area contributed by atoms with Crippen molar-refractivity contribution < 1.29 is 14.3 Å². The molecule has 0 fully saturated rings. The second-order valence-electron chi connectivity index (χ2n) is 4.19. The van der Waals surface area contributed by atoms with Gasteiger partial charge in [-0.05, 0) is 25.1 Å². The summed E-state index contributed by atoms with van der Waals surface area (Å²) in [6.07, 6.45) is 1.57. The highest BCUT2D eigenvalue weighted by atomic mass is 16.5. The summed E-state index contributed by atoms with van der Waals surface area (Å²) >= 11 is 0. The second-order valence-corrected chi connectivity index (χ2v) is 4.19. The Bertz CT molecular complexity index is 679. The van der Waals surface area contributed by atoms with Crippen LogP contribution in [0.15, 0.2) is 30.5 Å². The van der Waals surface area contributed by atoms with Crippen LogP contribution in [-0.2, 0) is 4.74 Å². The van der Waals surface area contributed by atoms with Crippen LogP contribution in [0.25, 0.3) is 5.69 Å². The van der Waals surface area contributed by atoms with Gasteiger partial charge >= 0.3 is 5.97 Å². The molecule has 1 heterocycles. The Balaban J connectivity index is 2.50. The molecule has 3 N–H and O–H groups in total. The lowest BCUT2D eigenvalue weighted by Crippen LogP contribution is -2.19. The van der Waals surface area contributed by atoms with E-state index in [2.05, 4.69) is 10.4 Å². The Labute approximate surface area is 121 Å². The molecule has 110 valence electrons. The number of carbonyl (C=O) groups excluding carboxylic acids is 2. The van der Waals surface area contributed by atoms with Crippen LogP contribution in [0.5, 0.6) is 0 Å². The van der Waals surface area contributed by atoms with Crippen LogP contribution in [0.2, 0.25) is 0 Å². The van der Waals surface area contributed by atoms with Crippen LogP contribution in [0.3, 0.4) is 0 Å². The number of rotatable bonds is 4. The van der Waals surface area contributed by atoms with Crippen LogP contribution < -0.4 is 11.1 Å². The van der Waals surface area contributed by atoms with E-state index in [-0.39, 0.29) is 18.2 Å². The zero-order valence-corrected chi connectivity index (χ0v) is 11.8. The van der Waals surface area contributed by atoms with Gasteiger partial charge in [-0.2, -0.15) is 5.10 Å². The zero-order chi connectivity index (χ0) is 15.4. The number of hydrogen-bond donors (Lipinski definition) is 2. The molecule has 0 radical (unpaired) electrons. The van der Waals surface area contributed by atoms with Crippen LogP contribution in [0, 0.1) is 0 Å². The average molecular weight is 288 g/mol. The lowest BCUT2D eigenvalue weighted by Gasteiger charge is -2.11. The minimum Gasteiger partial charge on any atom is -0.462 e. The quantitative estimate of drug-likeness (QED) is 0.645. The molecule has 21 heavy (non-hydrogen) atoms. The number of carbonyl (C=O) groups is 2. The summed E-state index contributed by atoms with van der Waals surface area (Å²) in [5, 5.41) is 6.61. The summed E-state index contributed by atoms with van der Waals surface area (Å²) in [6, 6.07) is 6.46. The normalized spacial score (nSPS) is 10.2. The van der Waals surface area contributed by atoms with Gasteiger partial charge in [0.15, 0.2) is 5.69 Å². The number of ether oxygens (including phenoxy) is 1. The van der Waals surface area contributed by atoms with Crippen molar-refractivity contribution in [1.29, 1.82) is 0 Å². The van der Waals surface area contributed by atoms with E-state index in [1.807, 2.05) is 0 Å². The molecule has 1 amide bonds. The van der Waals surface area contributed by atoms with Gasteiger partial charge in [-0.25, -0.2) is 9.48 Å². The highest BCUT2D eigenvalue weighted by Gasteiger charge is 2.18. The molecule has 0 unspecified atom stereocenters. The van der Waals surface area contributed by atoms with Gasteiger partial charge < -0.3 is 15.8 Å². The second kappa shape index (κ2) is 6.08. The summed E-state index contributed by atoms with van der Waals surface area (Å²) in [4.78, 5) is 23.5. The highest BCUT2D eigenvalue weighted by molar-refractivity contribution is 5.96. The number of nitrogens with two attached hydrogens (primary N) is 1. The molecule has 1 aromatic heterocycles. The van der Waals surface area contributed by atoms with Crippen molar-refractivity contribution in [1.82, 2.24) is 15.1 Å². The highest BCUT2D eigenvalue weighted by Crippen LogP contribution is 2.22. The molecule has 0 aliphatic rings. The Morgan fingerprint density at radius 2 is 2.14 bits per heavy atom. The third kappa shape index (κ3) is 2.86. The molecule has 0 aliphatic heterocycles. The third-order valence-electron chi connectivity index (χ3n) is 2.84. The van der Waals surface area contributed by atoms with Gasteiger partial charge in [0, 0.05) is 13.2 Å². The largest absolute Gasteiger partial charge is 0.462 e. The number of anilines is 1. The lowest BCUT2D eigenvalue weighted by atomic mass is 10.1. The van der Waals surface area contributed by atoms with Crippen LogP contribution in [0.4, 0.5) is 5.69 Å². The number of esters is 1. The van der Waals surface area contributed by atoms with Gasteiger partial charge in [-0.15, -0.1) is 0 Å². The van der Waals surface area contributed by atoms with E-state index < -0.39 is 5.97 Å².